The Morgan fingerprint density at radius 3 is 2.62 bits per heavy atom. The minimum Gasteiger partial charge on any atom is -0.434 e. The lowest BCUT2D eigenvalue weighted by Crippen LogP contribution is -2.67. The summed E-state index contributed by atoms with van der Waals surface area (Å²) in [4.78, 5) is 42.4. The van der Waals surface area contributed by atoms with Gasteiger partial charge in [-0.05, 0) is 32.9 Å². The summed E-state index contributed by atoms with van der Waals surface area (Å²) in [5.74, 6) is -1.77. The highest BCUT2D eigenvalue weighted by atomic mass is 19.1. The molecule has 14 heteroatoms. The van der Waals surface area contributed by atoms with Crippen molar-refractivity contribution < 1.29 is 28.2 Å². The van der Waals surface area contributed by atoms with E-state index >= 15 is 0 Å². The molecule has 1 saturated heterocycles. The maximum atomic E-state index is 13.8. The Hall–Kier alpha value is -4.04. The summed E-state index contributed by atoms with van der Waals surface area (Å²) < 4.78 is 33.9. The van der Waals surface area contributed by atoms with Crippen LogP contribution < -0.4 is 10.1 Å². The summed E-state index contributed by atoms with van der Waals surface area (Å²) in [5, 5.41) is 18.1. The van der Waals surface area contributed by atoms with Gasteiger partial charge in [-0.2, -0.15) is 5.10 Å². The molecule has 2 atom stereocenters. The quantitative estimate of drug-likeness (QED) is 0.465. The fraction of sp³-hybridized carbons (Fsp3) is 0.462. The second-order valence-electron chi connectivity index (χ2n) is 10.7. The molecule has 2 amide bonds. The van der Waals surface area contributed by atoms with Crippen molar-refractivity contribution in [3.05, 3.63) is 54.4 Å². The molecule has 2 aliphatic rings. The molecule has 0 spiro atoms. The third-order valence-electron chi connectivity index (χ3n) is 7.37. The van der Waals surface area contributed by atoms with Crippen LogP contribution in [0.3, 0.4) is 0 Å². The number of halogens is 2. The van der Waals surface area contributed by atoms with E-state index in [1.54, 1.807) is 16.5 Å². The van der Waals surface area contributed by atoms with E-state index in [9.17, 15) is 23.5 Å². The number of aryl methyl sites for hydroxylation is 1. The minimum atomic E-state index is -1.55. The number of anilines is 1. The van der Waals surface area contributed by atoms with E-state index < -0.39 is 28.8 Å². The van der Waals surface area contributed by atoms with Crippen molar-refractivity contribution in [2.75, 3.05) is 25.0 Å². The zero-order valence-electron chi connectivity index (χ0n) is 22.3. The van der Waals surface area contributed by atoms with Gasteiger partial charge in [0.1, 0.15) is 18.0 Å². The van der Waals surface area contributed by atoms with Crippen molar-refractivity contribution in [2.45, 2.75) is 57.3 Å². The van der Waals surface area contributed by atoms with Crippen LogP contribution in [0.1, 0.15) is 33.0 Å². The van der Waals surface area contributed by atoms with Gasteiger partial charge in [-0.25, -0.2) is 28.4 Å². The van der Waals surface area contributed by atoms with Crippen LogP contribution in [0.25, 0.3) is 0 Å². The standard InChI is InChI=1S/C26H30F2N8O4/c1-16(23(37)33-20-12-30-22(13-29-20)40-19-5-4-17(27)10-18(19)28)34-8-9-35(25(2,3)14-34)24(38)26(39)6-7-36-21(11-26)31-15-32-36/h4-5,10,12-13,15-16,39H,6-9,11,14H2,1-3H3,(H,29,33,37)/t16-,26+/m0/s1. The molecule has 0 aliphatic carbocycles. The van der Waals surface area contributed by atoms with Crippen LogP contribution in [0.5, 0.6) is 11.6 Å². The molecule has 0 saturated carbocycles. The van der Waals surface area contributed by atoms with E-state index in [0.717, 1.165) is 12.1 Å². The van der Waals surface area contributed by atoms with Crippen molar-refractivity contribution in [2.24, 2.45) is 0 Å². The smallest absolute Gasteiger partial charge is 0.255 e. The maximum absolute atomic E-state index is 13.8. The summed E-state index contributed by atoms with van der Waals surface area (Å²) in [5.41, 5.74) is -2.21. The first-order chi connectivity index (χ1) is 18.9. The fourth-order valence-corrected chi connectivity index (χ4v) is 5.09. The van der Waals surface area contributed by atoms with Gasteiger partial charge in [0.2, 0.25) is 11.8 Å². The van der Waals surface area contributed by atoms with Crippen molar-refractivity contribution >= 4 is 17.6 Å². The summed E-state index contributed by atoms with van der Waals surface area (Å²) >= 11 is 0. The molecule has 2 N–H and O–H groups in total. The molecule has 2 aliphatic heterocycles. The first kappa shape index (κ1) is 27.5. The number of nitrogens with one attached hydrogen (secondary N) is 1. The van der Waals surface area contributed by atoms with Gasteiger partial charge in [0.05, 0.1) is 24.0 Å². The summed E-state index contributed by atoms with van der Waals surface area (Å²) in [6.45, 7) is 7.15. The number of hydrogen-bond donors (Lipinski definition) is 2. The predicted octanol–water partition coefficient (Wildman–Crippen LogP) is 1.77. The van der Waals surface area contributed by atoms with E-state index in [0.29, 0.717) is 38.1 Å². The van der Waals surface area contributed by atoms with E-state index in [4.69, 9.17) is 4.74 Å². The van der Waals surface area contributed by atoms with E-state index in [-0.39, 0.29) is 42.1 Å². The number of nitrogens with zero attached hydrogens (tertiary/aromatic N) is 7. The molecule has 0 radical (unpaired) electrons. The zero-order valence-corrected chi connectivity index (χ0v) is 22.3. The average Bonchev–Trinajstić information content (AvgIpc) is 3.37. The second kappa shape index (κ2) is 10.5. The van der Waals surface area contributed by atoms with Gasteiger partial charge in [-0.3, -0.25) is 14.5 Å². The van der Waals surface area contributed by atoms with Gasteiger partial charge in [-0.1, -0.05) is 0 Å². The average molecular weight is 557 g/mol. The Bertz CT molecular complexity index is 1420. The van der Waals surface area contributed by atoms with E-state index in [2.05, 4.69) is 25.4 Å². The number of ether oxygens (including phenoxy) is 1. The first-order valence-corrected chi connectivity index (χ1v) is 12.9. The second-order valence-corrected chi connectivity index (χ2v) is 10.7. The lowest BCUT2D eigenvalue weighted by molar-refractivity contribution is -0.164. The number of carbonyl (C=O) groups is 2. The van der Waals surface area contributed by atoms with Crippen molar-refractivity contribution in [3.8, 4) is 11.6 Å². The van der Waals surface area contributed by atoms with Crippen LogP contribution in [0.4, 0.5) is 14.6 Å². The van der Waals surface area contributed by atoms with Gasteiger partial charge in [0.25, 0.3) is 5.91 Å². The number of benzene rings is 1. The van der Waals surface area contributed by atoms with Gasteiger partial charge >= 0.3 is 0 Å². The van der Waals surface area contributed by atoms with E-state index in [1.807, 2.05) is 18.7 Å². The monoisotopic (exact) mass is 556 g/mol. The Labute approximate surface area is 229 Å². The number of piperazine rings is 1. The summed E-state index contributed by atoms with van der Waals surface area (Å²) in [7, 11) is 0. The highest BCUT2D eigenvalue weighted by Gasteiger charge is 2.48. The third-order valence-corrected chi connectivity index (χ3v) is 7.37. The number of hydrogen-bond acceptors (Lipinski definition) is 9. The largest absolute Gasteiger partial charge is 0.434 e. The lowest BCUT2D eigenvalue weighted by atomic mass is 9.87. The molecule has 1 fully saturated rings. The molecule has 212 valence electrons. The van der Waals surface area contributed by atoms with Crippen LogP contribution >= 0.6 is 0 Å². The number of aliphatic hydroxyl groups is 1. The molecular formula is C26H30F2N8O4. The van der Waals surface area contributed by atoms with Crippen LogP contribution in [0, 0.1) is 11.6 Å². The van der Waals surface area contributed by atoms with Crippen molar-refractivity contribution in [1.29, 1.82) is 0 Å². The van der Waals surface area contributed by atoms with Gasteiger partial charge in [-0.15, -0.1) is 0 Å². The molecule has 0 bridgehead atoms. The number of fused-ring (bicyclic) bond motifs is 1. The first-order valence-electron chi connectivity index (χ1n) is 12.9. The molecule has 3 aromatic rings. The summed E-state index contributed by atoms with van der Waals surface area (Å²) in [6.07, 6.45) is 4.26. The molecule has 12 nitrogen and oxygen atoms in total. The molecule has 1 aromatic carbocycles. The van der Waals surface area contributed by atoms with E-state index in [1.165, 1.54) is 18.7 Å². The minimum absolute atomic E-state index is 0.0287. The highest BCUT2D eigenvalue weighted by molar-refractivity contribution is 5.93. The zero-order chi connectivity index (χ0) is 28.7. The van der Waals surface area contributed by atoms with Gasteiger partial charge in [0, 0.05) is 45.1 Å². The molecular weight excluding hydrogens is 526 g/mol. The summed E-state index contributed by atoms with van der Waals surface area (Å²) in [6, 6.07) is 2.34. The number of carbonyl (C=O) groups excluding carboxylic acids is 2. The van der Waals surface area contributed by atoms with Gasteiger partial charge in [0.15, 0.2) is 23.0 Å². The molecule has 5 rings (SSSR count). The lowest BCUT2D eigenvalue weighted by Gasteiger charge is -2.50. The highest BCUT2D eigenvalue weighted by Crippen LogP contribution is 2.31. The van der Waals surface area contributed by atoms with Crippen molar-refractivity contribution in [1.82, 2.24) is 34.5 Å². The van der Waals surface area contributed by atoms with Crippen LogP contribution in [0.2, 0.25) is 0 Å². The number of aromatic nitrogens is 5. The predicted molar refractivity (Wildman–Crippen MR) is 137 cm³/mol. The number of rotatable bonds is 6. The normalized spacial score (nSPS) is 21.4. The SMILES string of the molecule is C[C@@H](C(=O)Nc1cnc(Oc2ccc(F)cc2F)cn1)N1CCN(C(=O)[C@@]2(O)CCn3ncnc3C2)C(C)(C)C1. The van der Waals surface area contributed by atoms with Crippen LogP contribution in [-0.4, -0.2) is 88.3 Å². The molecule has 2 aromatic heterocycles. The Kier molecular flexibility index (Phi) is 7.23. The fourth-order valence-electron chi connectivity index (χ4n) is 5.09. The van der Waals surface area contributed by atoms with Crippen LogP contribution in [-0.2, 0) is 22.6 Å². The van der Waals surface area contributed by atoms with Crippen molar-refractivity contribution in [3.63, 3.8) is 0 Å². The maximum Gasteiger partial charge on any atom is 0.255 e. The Morgan fingerprint density at radius 2 is 1.93 bits per heavy atom. The molecule has 0 unspecified atom stereocenters. The van der Waals surface area contributed by atoms with Crippen LogP contribution in [0.15, 0.2) is 36.9 Å². The molecule has 40 heavy (non-hydrogen) atoms. The molecule has 4 heterocycles. The number of amides is 2. The van der Waals surface area contributed by atoms with Gasteiger partial charge < -0.3 is 20.1 Å². The Balaban J connectivity index is 1.18. The Morgan fingerprint density at radius 1 is 1.12 bits per heavy atom. The third kappa shape index (κ3) is 5.49. The topological polar surface area (TPSA) is 139 Å².